The molecule has 0 spiro atoms. The van der Waals surface area contributed by atoms with E-state index in [-0.39, 0.29) is 11.8 Å². The highest BCUT2D eigenvalue weighted by Crippen LogP contribution is 2.11. The highest BCUT2D eigenvalue weighted by molar-refractivity contribution is 7.10. The normalized spacial score (nSPS) is 20.8. The van der Waals surface area contributed by atoms with Gasteiger partial charge in [-0.15, -0.1) is 11.3 Å². The number of thiophene rings is 1. The van der Waals surface area contributed by atoms with Crippen molar-refractivity contribution in [2.45, 2.75) is 25.2 Å². The van der Waals surface area contributed by atoms with Gasteiger partial charge in [0.15, 0.2) is 0 Å². The molecule has 0 radical (unpaired) electrons. The van der Waals surface area contributed by atoms with Gasteiger partial charge in [0.2, 0.25) is 5.91 Å². The Kier molecular flexibility index (Phi) is 3.98. The smallest absolute Gasteiger partial charge is 0.426 e. The quantitative estimate of drug-likeness (QED) is 0.759. The SMILES string of the molecule is O=C(Cc1cccs1)NC1CCCOB1O. The minimum atomic E-state index is -0.860. The van der Waals surface area contributed by atoms with Crippen molar-refractivity contribution in [2.75, 3.05) is 6.61 Å². The summed E-state index contributed by atoms with van der Waals surface area (Å²) >= 11 is 1.56. The summed E-state index contributed by atoms with van der Waals surface area (Å²) in [5.74, 6) is -0.321. The van der Waals surface area contributed by atoms with Crippen LogP contribution in [0.3, 0.4) is 0 Å². The molecule has 1 fully saturated rings. The van der Waals surface area contributed by atoms with Crippen LogP contribution >= 0.6 is 11.3 Å². The number of hydrogen-bond donors (Lipinski definition) is 2. The van der Waals surface area contributed by atoms with E-state index in [4.69, 9.17) is 4.65 Å². The lowest BCUT2D eigenvalue weighted by molar-refractivity contribution is -0.121. The van der Waals surface area contributed by atoms with Gasteiger partial charge in [0, 0.05) is 11.5 Å². The Morgan fingerprint density at radius 2 is 2.62 bits per heavy atom. The lowest BCUT2D eigenvalue weighted by Gasteiger charge is -2.25. The molecule has 2 N–H and O–H groups in total. The Morgan fingerprint density at radius 1 is 1.75 bits per heavy atom. The van der Waals surface area contributed by atoms with E-state index < -0.39 is 7.12 Å². The fourth-order valence-corrected chi connectivity index (χ4v) is 2.44. The average molecular weight is 239 g/mol. The molecular weight excluding hydrogens is 225 g/mol. The van der Waals surface area contributed by atoms with Crippen molar-refractivity contribution in [2.24, 2.45) is 0 Å². The summed E-state index contributed by atoms with van der Waals surface area (Å²) in [6.07, 6.45) is 2.03. The van der Waals surface area contributed by atoms with Gasteiger partial charge in [-0.25, -0.2) is 0 Å². The van der Waals surface area contributed by atoms with Crippen LogP contribution in [0.15, 0.2) is 17.5 Å². The highest BCUT2D eigenvalue weighted by Gasteiger charge is 2.31. The van der Waals surface area contributed by atoms with E-state index in [1.54, 1.807) is 11.3 Å². The monoisotopic (exact) mass is 239 g/mol. The molecule has 16 heavy (non-hydrogen) atoms. The second-order valence-electron chi connectivity index (χ2n) is 3.83. The molecule has 1 aromatic rings. The fraction of sp³-hybridized carbons (Fsp3) is 0.500. The number of carbonyl (C=O) groups excluding carboxylic acids is 1. The molecule has 2 rings (SSSR count). The van der Waals surface area contributed by atoms with Gasteiger partial charge < -0.3 is 15.0 Å². The van der Waals surface area contributed by atoms with Crippen molar-refractivity contribution in [1.29, 1.82) is 0 Å². The molecule has 2 heterocycles. The van der Waals surface area contributed by atoms with Crippen molar-refractivity contribution in [1.82, 2.24) is 5.32 Å². The molecular formula is C10H14BNO3S. The summed E-state index contributed by atoms with van der Waals surface area (Å²) in [5.41, 5.74) is 0. The van der Waals surface area contributed by atoms with Crippen LogP contribution < -0.4 is 5.32 Å². The lowest BCUT2D eigenvalue weighted by Crippen LogP contribution is -2.50. The molecule has 0 bridgehead atoms. The van der Waals surface area contributed by atoms with Crippen molar-refractivity contribution in [3.8, 4) is 0 Å². The second kappa shape index (κ2) is 5.47. The van der Waals surface area contributed by atoms with E-state index >= 15 is 0 Å². The summed E-state index contributed by atoms with van der Waals surface area (Å²) in [7, 11) is -0.860. The topological polar surface area (TPSA) is 58.6 Å². The third-order valence-corrected chi connectivity index (χ3v) is 3.43. The molecule has 0 saturated carbocycles. The molecule has 1 aliphatic heterocycles. The van der Waals surface area contributed by atoms with E-state index in [9.17, 15) is 9.82 Å². The Labute approximate surface area is 98.8 Å². The molecule has 1 atom stereocenters. The average Bonchev–Trinajstić information content (AvgIpc) is 2.74. The molecule has 86 valence electrons. The zero-order valence-electron chi connectivity index (χ0n) is 8.89. The van der Waals surface area contributed by atoms with Crippen LogP contribution in [0.4, 0.5) is 0 Å². The van der Waals surface area contributed by atoms with Gasteiger partial charge in [0.1, 0.15) is 0 Å². The van der Waals surface area contributed by atoms with Crippen molar-refractivity contribution < 1.29 is 14.5 Å². The molecule has 1 unspecified atom stereocenters. The van der Waals surface area contributed by atoms with Gasteiger partial charge in [-0.2, -0.15) is 0 Å². The van der Waals surface area contributed by atoms with Gasteiger partial charge in [0.05, 0.1) is 12.4 Å². The van der Waals surface area contributed by atoms with Crippen LogP contribution in [0.1, 0.15) is 17.7 Å². The van der Waals surface area contributed by atoms with Crippen LogP contribution in [0.5, 0.6) is 0 Å². The van der Waals surface area contributed by atoms with Gasteiger partial charge in [-0.1, -0.05) is 6.07 Å². The number of carbonyl (C=O) groups is 1. The molecule has 0 aliphatic carbocycles. The first-order chi connectivity index (χ1) is 7.75. The number of rotatable bonds is 3. The zero-order valence-corrected chi connectivity index (χ0v) is 9.70. The van der Waals surface area contributed by atoms with Crippen LogP contribution in [0.25, 0.3) is 0 Å². The third-order valence-electron chi connectivity index (χ3n) is 2.55. The Bertz CT molecular complexity index is 344. The van der Waals surface area contributed by atoms with Crippen molar-refractivity contribution >= 4 is 24.4 Å². The second-order valence-corrected chi connectivity index (χ2v) is 4.87. The van der Waals surface area contributed by atoms with Gasteiger partial charge in [-0.05, 0) is 24.3 Å². The van der Waals surface area contributed by atoms with Crippen LogP contribution in [0, 0.1) is 0 Å². The minimum Gasteiger partial charge on any atom is -0.426 e. The first-order valence-electron chi connectivity index (χ1n) is 5.37. The summed E-state index contributed by atoms with van der Waals surface area (Å²) in [4.78, 5) is 12.7. The predicted octanol–water partition coefficient (Wildman–Crippen LogP) is 0.605. The maximum atomic E-state index is 11.7. The van der Waals surface area contributed by atoms with Gasteiger partial charge in [0.25, 0.3) is 0 Å². The summed E-state index contributed by atoms with van der Waals surface area (Å²) in [5, 5.41) is 14.3. The molecule has 6 heteroatoms. The molecule has 1 aliphatic rings. The highest BCUT2D eigenvalue weighted by atomic mass is 32.1. The number of nitrogens with one attached hydrogen (secondary N) is 1. The molecule has 1 saturated heterocycles. The van der Waals surface area contributed by atoms with E-state index in [0.717, 1.165) is 17.7 Å². The largest absolute Gasteiger partial charge is 0.478 e. The number of amides is 1. The van der Waals surface area contributed by atoms with E-state index in [1.807, 2.05) is 17.5 Å². The standard InChI is InChI=1S/C10H14BNO3S/c13-10(7-8-3-2-6-16-8)12-9-4-1-5-15-11(9)14/h2-3,6,9,14H,1,4-5,7H2,(H,12,13). The van der Waals surface area contributed by atoms with E-state index in [0.29, 0.717) is 13.0 Å². The maximum absolute atomic E-state index is 11.7. The zero-order chi connectivity index (χ0) is 11.4. The summed E-state index contributed by atoms with van der Waals surface area (Å²) < 4.78 is 5.07. The molecule has 0 aromatic carbocycles. The predicted molar refractivity (Wildman–Crippen MR) is 63.1 cm³/mol. The molecule has 4 nitrogen and oxygen atoms in total. The molecule has 1 amide bonds. The van der Waals surface area contributed by atoms with Gasteiger partial charge >= 0.3 is 7.12 Å². The van der Waals surface area contributed by atoms with E-state index in [2.05, 4.69) is 5.32 Å². The number of hydrogen-bond acceptors (Lipinski definition) is 4. The molecule has 1 aromatic heterocycles. The fourth-order valence-electron chi connectivity index (χ4n) is 1.74. The van der Waals surface area contributed by atoms with Crippen molar-refractivity contribution in [3.63, 3.8) is 0 Å². The third kappa shape index (κ3) is 3.07. The van der Waals surface area contributed by atoms with Crippen LogP contribution in [0.2, 0.25) is 0 Å². The van der Waals surface area contributed by atoms with Gasteiger partial charge in [-0.3, -0.25) is 4.79 Å². The Morgan fingerprint density at radius 3 is 3.31 bits per heavy atom. The van der Waals surface area contributed by atoms with Crippen molar-refractivity contribution in [3.05, 3.63) is 22.4 Å². The Hall–Kier alpha value is -0.845. The minimum absolute atomic E-state index is 0.0583. The summed E-state index contributed by atoms with van der Waals surface area (Å²) in [6.45, 7) is 0.568. The lowest BCUT2D eigenvalue weighted by atomic mass is 9.74. The van der Waals surface area contributed by atoms with Crippen LogP contribution in [-0.2, 0) is 15.9 Å². The Balaban J connectivity index is 1.82. The van der Waals surface area contributed by atoms with Crippen LogP contribution in [-0.4, -0.2) is 30.6 Å². The maximum Gasteiger partial charge on any atom is 0.478 e. The first kappa shape index (κ1) is 11.6. The first-order valence-corrected chi connectivity index (χ1v) is 6.25. The summed E-state index contributed by atoms with van der Waals surface area (Å²) in [6, 6.07) is 3.85. The van der Waals surface area contributed by atoms with E-state index in [1.165, 1.54) is 0 Å².